The summed E-state index contributed by atoms with van der Waals surface area (Å²) in [7, 11) is -1.38. The van der Waals surface area contributed by atoms with Crippen LogP contribution in [0.4, 0.5) is 5.69 Å². The van der Waals surface area contributed by atoms with E-state index in [1.54, 1.807) is 0 Å². The number of nitro groups is 1. The van der Waals surface area contributed by atoms with Crippen LogP contribution in [0, 0.1) is 10.1 Å². The third kappa shape index (κ3) is 4.13. The Balaban J connectivity index is 3.26. The molecule has 0 radical (unpaired) electrons. The fourth-order valence-electron chi connectivity index (χ4n) is 1.78. The van der Waals surface area contributed by atoms with E-state index in [0.29, 0.717) is 0 Å². The highest BCUT2D eigenvalue weighted by molar-refractivity contribution is 7.89. The smallest absolute Gasteiger partial charge is 0.312 e. The maximum Gasteiger partial charge on any atom is 0.312 e. The summed E-state index contributed by atoms with van der Waals surface area (Å²) in [6, 6.07) is 3.39. The van der Waals surface area contributed by atoms with Crippen LogP contribution in [-0.2, 0) is 10.0 Å². The van der Waals surface area contributed by atoms with Crippen LogP contribution in [0.1, 0.15) is 13.8 Å². The molecule has 0 amide bonds. The Bertz CT molecular complexity index is 636. The van der Waals surface area contributed by atoms with Gasteiger partial charge in [0.05, 0.1) is 22.5 Å². The number of nitrogens with zero attached hydrogens (tertiary/aromatic N) is 2. The van der Waals surface area contributed by atoms with Crippen molar-refractivity contribution >= 4 is 15.7 Å². The Labute approximate surface area is 123 Å². The number of aliphatic hydroxyl groups is 1. The van der Waals surface area contributed by atoms with Gasteiger partial charge in [0.1, 0.15) is 0 Å². The van der Waals surface area contributed by atoms with Crippen molar-refractivity contribution in [3.05, 3.63) is 28.3 Å². The SMILES string of the molecule is COc1ccc(S(=O)(=O)N(C)CC(C)(C)O)cc1[N+](=O)[O-]. The Kier molecular flexibility index (Phi) is 4.92. The fraction of sp³-hybridized carbons (Fsp3) is 0.500. The number of hydrogen-bond acceptors (Lipinski definition) is 6. The van der Waals surface area contributed by atoms with Crippen LogP contribution in [0.25, 0.3) is 0 Å². The molecule has 1 aromatic carbocycles. The average molecular weight is 318 g/mol. The number of ether oxygens (including phenoxy) is 1. The lowest BCUT2D eigenvalue weighted by Crippen LogP contribution is -2.39. The minimum atomic E-state index is -3.94. The van der Waals surface area contributed by atoms with Crippen molar-refractivity contribution in [2.24, 2.45) is 0 Å². The van der Waals surface area contributed by atoms with E-state index < -0.39 is 26.2 Å². The molecule has 9 heteroatoms. The highest BCUT2D eigenvalue weighted by atomic mass is 32.2. The molecule has 0 aliphatic rings. The number of methoxy groups -OCH3 is 1. The van der Waals surface area contributed by atoms with Crippen molar-refractivity contribution in [2.45, 2.75) is 24.3 Å². The second kappa shape index (κ2) is 5.96. The van der Waals surface area contributed by atoms with Gasteiger partial charge >= 0.3 is 5.69 Å². The predicted molar refractivity (Wildman–Crippen MR) is 75.8 cm³/mol. The topological polar surface area (TPSA) is 110 Å². The average Bonchev–Trinajstić information content (AvgIpc) is 2.35. The van der Waals surface area contributed by atoms with Crippen molar-refractivity contribution in [3.63, 3.8) is 0 Å². The minimum absolute atomic E-state index is 0.0240. The van der Waals surface area contributed by atoms with Crippen molar-refractivity contribution in [2.75, 3.05) is 20.7 Å². The zero-order valence-electron chi connectivity index (χ0n) is 12.2. The lowest BCUT2D eigenvalue weighted by atomic mass is 10.1. The van der Waals surface area contributed by atoms with Crippen LogP contribution in [-0.4, -0.2) is 49.1 Å². The quantitative estimate of drug-likeness (QED) is 0.619. The normalized spacial score (nSPS) is 12.5. The van der Waals surface area contributed by atoms with Gasteiger partial charge in [-0.2, -0.15) is 4.31 Å². The lowest BCUT2D eigenvalue weighted by Gasteiger charge is -2.25. The molecule has 0 saturated heterocycles. The van der Waals surface area contributed by atoms with Gasteiger partial charge in [-0.05, 0) is 26.0 Å². The van der Waals surface area contributed by atoms with Gasteiger partial charge in [-0.1, -0.05) is 0 Å². The summed E-state index contributed by atoms with van der Waals surface area (Å²) in [4.78, 5) is 9.99. The third-order valence-electron chi connectivity index (χ3n) is 2.66. The molecule has 0 heterocycles. The first kappa shape index (κ1) is 17.3. The van der Waals surface area contributed by atoms with Gasteiger partial charge in [-0.3, -0.25) is 10.1 Å². The van der Waals surface area contributed by atoms with Crippen molar-refractivity contribution in [1.29, 1.82) is 0 Å². The number of likely N-dealkylation sites (N-methyl/N-ethyl adjacent to an activating group) is 1. The molecular weight excluding hydrogens is 300 g/mol. The molecule has 0 fully saturated rings. The molecular formula is C12H18N2O6S. The van der Waals surface area contributed by atoms with E-state index in [1.807, 2.05) is 0 Å². The summed E-state index contributed by atoms with van der Waals surface area (Å²) in [6.45, 7) is 2.79. The Morgan fingerprint density at radius 1 is 1.43 bits per heavy atom. The zero-order valence-corrected chi connectivity index (χ0v) is 13.0. The molecule has 0 aliphatic carbocycles. The summed E-state index contributed by atoms with van der Waals surface area (Å²) >= 11 is 0. The number of rotatable bonds is 6. The maximum atomic E-state index is 12.3. The largest absolute Gasteiger partial charge is 0.490 e. The second-order valence-electron chi connectivity index (χ2n) is 5.16. The number of hydrogen-bond donors (Lipinski definition) is 1. The minimum Gasteiger partial charge on any atom is -0.490 e. The van der Waals surface area contributed by atoms with Crippen LogP contribution in [0.3, 0.4) is 0 Å². The first-order valence-electron chi connectivity index (χ1n) is 6.00. The van der Waals surface area contributed by atoms with E-state index in [2.05, 4.69) is 0 Å². The standard InChI is InChI=1S/C12H18N2O6S/c1-12(2,15)8-13(3)21(18,19)9-5-6-11(20-4)10(7-9)14(16)17/h5-7,15H,8H2,1-4H3. The van der Waals surface area contributed by atoms with Gasteiger partial charge < -0.3 is 9.84 Å². The van der Waals surface area contributed by atoms with E-state index in [0.717, 1.165) is 10.4 Å². The molecule has 0 aliphatic heterocycles. The highest BCUT2D eigenvalue weighted by Gasteiger charge is 2.28. The third-order valence-corrected chi connectivity index (χ3v) is 4.46. The number of sulfonamides is 1. The second-order valence-corrected chi connectivity index (χ2v) is 7.21. The molecule has 0 spiro atoms. The first-order valence-corrected chi connectivity index (χ1v) is 7.44. The molecule has 118 valence electrons. The molecule has 0 aromatic heterocycles. The fourth-order valence-corrected chi connectivity index (χ4v) is 3.13. The van der Waals surface area contributed by atoms with Gasteiger partial charge in [0, 0.05) is 19.7 Å². The molecule has 8 nitrogen and oxygen atoms in total. The van der Waals surface area contributed by atoms with Gasteiger partial charge in [0.15, 0.2) is 5.75 Å². The summed E-state index contributed by atoms with van der Waals surface area (Å²) in [5.41, 5.74) is -1.66. The van der Waals surface area contributed by atoms with Crippen LogP contribution < -0.4 is 4.74 Å². The van der Waals surface area contributed by atoms with Gasteiger partial charge in [-0.25, -0.2) is 8.42 Å². The summed E-state index contributed by atoms with van der Waals surface area (Å²) in [6.07, 6.45) is 0. The Hall–Kier alpha value is -1.71. The predicted octanol–water partition coefficient (Wildman–Crippen LogP) is 0.995. The molecule has 0 bridgehead atoms. The van der Waals surface area contributed by atoms with Gasteiger partial charge in [-0.15, -0.1) is 0 Å². The van der Waals surface area contributed by atoms with Crippen LogP contribution in [0.15, 0.2) is 23.1 Å². The van der Waals surface area contributed by atoms with Crippen molar-refractivity contribution < 1.29 is 23.2 Å². The lowest BCUT2D eigenvalue weighted by molar-refractivity contribution is -0.386. The van der Waals surface area contributed by atoms with Crippen molar-refractivity contribution in [3.8, 4) is 5.75 Å². The molecule has 21 heavy (non-hydrogen) atoms. The number of benzene rings is 1. The van der Waals surface area contributed by atoms with E-state index >= 15 is 0 Å². The molecule has 0 unspecified atom stereocenters. The van der Waals surface area contributed by atoms with Crippen LogP contribution in [0.2, 0.25) is 0 Å². The van der Waals surface area contributed by atoms with Gasteiger partial charge in [0.2, 0.25) is 10.0 Å². The van der Waals surface area contributed by atoms with Crippen LogP contribution >= 0.6 is 0 Å². The highest BCUT2D eigenvalue weighted by Crippen LogP contribution is 2.30. The van der Waals surface area contributed by atoms with E-state index in [-0.39, 0.29) is 17.2 Å². The maximum absolute atomic E-state index is 12.3. The van der Waals surface area contributed by atoms with E-state index in [9.17, 15) is 23.6 Å². The molecule has 1 aromatic rings. The molecule has 0 saturated carbocycles. The number of nitro benzene ring substituents is 1. The zero-order chi connectivity index (χ0) is 16.4. The van der Waals surface area contributed by atoms with Gasteiger partial charge in [0.25, 0.3) is 0 Å². The molecule has 0 atom stereocenters. The first-order chi connectivity index (χ1) is 9.49. The summed E-state index contributed by atoms with van der Waals surface area (Å²) in [5.74, 6) is -0.0240. The summed E-state index contributed by atoms with van der Waals surface area (Å²) < 4.78 is 30.4. The monoisotopic (exact) mass is 318 g/mol. The Morgan fingerprint density at radius 2 is 2.00 bits per heavy atom. The molecule has 1 rings (SSSR count). The van der Waals surface area contributed by atoms with Crippen molar-refractivity contribution in [1.82, 2.24) is 4.31 Å². The summed E-state index contributed by atoms with van der Waals surface area (Å²) in [5, 5.41) is 20.6. The van der Waals surface area contributed by atoms with Crippen LogP contribution in [0.5, 0.6) is 5.75 Å². The molecule has 1 N–H and O–H groups in total. The van der Waals surface area contributed by atoms with E-state index in [4.69, 9.17) is 4.74 Å². The van der Waals surface area contributed by atoms with E-state index in [1.165, 1.54) is 40.1 Å². The Morgan fingerprint density at radius 3 is 2.43 bits per heavy atom.